The normalized spacial score (nSPS) is 21.6. The van der Waals surface area contributed by atoms with E-state index < -0.39 is 0 Å². The first-order chi connectivity index (χ1) is 9.69. The highest BCUT2D eigenvalue weighted by atomic mass is 79.9. The first-order valence-corrected chi connectivity index (χ1v) is 8.27. The lowest BCUT2D eigenvalue weighted by Crippen LogP contribution is -2.39. The first kappa shape index (κ1) is 15.9. The highest BCUT2D eigenvalue weighted by molar-refractivity contribution is 9.10. The van der Waals surface area contributed by atoms with Crippen molar-refractivity contribution in [2.75, 3.05) is 32.7 Å². The van der Waals surface area contributed by atoms with E-state index in [4.69, 9.17) is 5.73 Å². The molecule has 0 radical (unpaired) electrons. The number of likely N-dealkylation sites (N-methyl/N-ethyl adjacent to an activating group) is 1. The van der Waals surface area contributed by atoms with Crippen molar-refractivity contribution < 1.29 is 0 Å². The first-order valence-electron chi connectivity index (χ1n) is 7.48. The number of halogens is 1. The second-order valence-electron chi connectivity index (χ2n) is 5.35. The summed E-state index contributed by atoms with van der Waals surface area (Å²) in [6.07, 6.45) is 4.99. The Morgan fingerprint density at radius 1 is 1.45 bits per heavy atom. The summed E-state index contributed by atoms with van der Waals surface area (Å²) in [6, 6.07) is 3.08. The number of hydrogen-bond donors (Lipinski definition) is 1. The van der Waals surface area contributed by atoms with Gasteiger partial charge in [-0.2, -0.15) is 0 Å². The van der Waals surface area contributed by atoms with E-state index in [9.17, 15) is 0 Å². The third kappa shape index (κ3) is 3.58. The summed E-state index contributed by atoms with van der Waals surface area (Å²) in [5.74, 6) is 0. The Balaban J connectivity index is 2.06. The molecule has 2 atom stereocenters. The van der Waals surface area contributed by atoms with Gasteiger partial charge in [0.2, 0.25) is 0 Å². The van der Waals surface area contributed by atoms with Crippen LogP contribution in [0.25, 0.3) is 0 Å². The number of hydrogen-bond acceptors (Lipinski definition) is 4. The van der Waals surface area contributed by atoms with E-state index in [2.05, 4.69) is 50.6 Å². The monoisotopic (exact) mass is 340 g/mol. The quantitative estimate of drug-likeness (QED) is 0.862. The Kier molecular flexibility index (Phi) is 5.96. The fourth-order valence-corrected chi connectivity index (χ4v) is 3.58. The van der Waals surface area contributed by atoms with E-state index in [1.165, 1.54) is 12.0 Å². The Morgan fingerprint density at radius 2 is 2.20 bits per heavy atom. The Bertz CT molecular complexity index is 422. The zero-order chi connectivity index (χ0) is 14.5. The summed E-state index contributed by atoms with van der Waals surface area (Å²) >= 11 is 3.50. The predicted octanol–water partition coefficient (Wildman–Crippen LogP) is 2.26. The van der Waals surface area contributed by atoms with Crippen LogP contribution in [0.3, 0.4) is 0 Å². The van der Waals surface area contributed by atoms with Crippen molar-refractivity contribution in [1.82, 2.24) is 14.8 Å². The summed E-state index contributed by atoms with van der Waals surface area (Å²) in [4.78, 5) is 9.33. The molecule has 4 nitrogen and oxygen atoms in total. The molecule has 0 aromatic carbocycles. The molecule has 0 bridgehead atoms. The van der Waals surface area contributed by atoms with Gasteiger partial charge >= 0.3 is 0 Å². The predicted molar refractivity (Wildman–Crippen MR) is 86.6 cm³/mol. The Morgan fingerprint density at radius 3 is 2.80 bits per heavy atom. The maximum absolute atomic E-state index is 6.02. The summed E-state index contributed by atoms with van der Waals surface area (Å²) < 4.78 is 1.02. The molecule has 1 aliphatic heterocycles. The third-order valence-electron chi connectivity index (χ3n) is 4.30. The van der Waals surface area contributed by atoms with Gasteiger partial charge in [-0.25, -0.2) is 0 Å². The Hall–Kier alpha value is -0.490. The van der Waals surface area contributed by atoms with Gasteiger partial charge in [-0.3, -0.25) is 14.8 Å². The summed E-state index contributed by atoms with van der Waals surface area (Å²) in [6.45, 7) is 9.60. The molecule has 1 aliphatic rings. The van der Waals surface area contributed by atoms with Gasteiger partial charge in [0, 0.05) is 48.6 Å². The molecule has 1 aromatic rings. The van der Waals surface area contributed by atoms with Crippen molar-refractivity contribution in [3.8, 4) is 0 Å². The number of rotatable bonds is 6. The molecule has 0 spiro atoms. The lowest BCUT2D eigenvalue weighted by Gasteiger charge is -2.29. The van der Waals surface area contributed by atoms with E-state index in [-0.39, 0.29) is 6.04 Å². The van der Waals surface area contributed by atoms with Gasteiger partial charge in [-0.05, 0) is 47.1 Å². The molecule has 2 unspecified atom stereocenters. The van der Waals surface area contributed by atoms with Crippen molar-refractivity contribution in [3.63, 3.8) is 0 Å². The lowest BCUT2D eigenvalue weighted by molar-refractivity contribution is 0.189. The molecule has 5 heteroatoms. The number of nitrogens with zero attached hydrogens (tertiary/aromatic N) is 3. The molecule has 2 N–H and O–H groups in total. The summed E-state index contributed by atoms with van der Waals surface area (Å²) in [5.41, 5.74) is 7.23. The molecule has 0 saturated carbocycles. The zero-order valence-corrected chi connectivity index (χ0v) is 14.0. The number of nitrogens with two attached hydrogens (primary N) is 1. The minimum absolute atomic E-state index is 0.278. The molecule has 0 amide bonds. The Labute approximate surface area is 130 Å². The van der Waals surface area contributed by atoms with Crippen LogP contribution in [-0.2, 0) is 0 Å². The number of pyridine rings is 1. The van der Waals surface area contributed by atoms with Gasteiger partial charge in [-0.1, -0.05) is 13.8 Å². The molecular formula is C15H25BrN4. The molecule has 2 rings (SSSR count). The topological polar surface area (TPSA) is 45.4 Å². The van der Waals surface area contributed by atoms with E-state index in [1.54, 1.807) is 0 Å². The van der Waals surface area contributed by atoms with Crippen molar-refractivity contribution >= 4 is 15.9 Å². The smallest absolute Gasteiger partial charge is 0.0486 e. The number of aromatic nitrogens is 1. The van der Waals surface area contributed by atoms with Crippen molar-refractivity contribution in [3.05, 3.63) is 28.5 Å². The van der Waals surface area contributed by atoms with Gasteiger partial charge in [0.25, 0.3) is 0 Å². The lowest BCUT2D eigenvalue weighted by atomic mass is 10.1. The molecule has 20 heavy (non-hydrogen) atoms. The molecule has 1 aromatic heterocycles. The molecule has 112 valence electrons. The third-order valence-corrected chi connectivity index (χ3v) is 4.73. The summed E-state index contributed by atoms with van der Waals surface area (Å²) in [5, 5.41) is 0. The number of likely N-dealkylation sites (tertiary alicyclic amines) is 1. The van der Waals surface area contributed by atoms with Gasteiger partial charge < -0.3 is 5.73 Å². The summed E-state index contributed by atoms with van der Waals surface area (Å²) in [7, 11) is 0. The van der Waals surface area contributed by atoms with E-state index in [1.807, 2.05) is 12.4 Å². The van der Waals surface area contributed by atoms with Gasteiger partial charge in [0.1, 0.15) is 0 Å². The van der Waals surface area contributed by atoms with Crippen LogP contribution < -0.4 is 5.73 Å². The minimum atomic E-state index is 0.278. The van der Waals surface area contributed by atoms with Gasteiger partial charge in [0.15, 0.2) is 0 Å². The molecule has 1 saturated heterocycles. The van der Waals surface area contributed by atoms with E-state index in [0.29, 0.717) is 12.6 Å². The SMILES string of the molecule is CCN(CC)C1CCN(C(CN)c2cncc(Br)c2)C1. The van der Waals surface area contributed by atoms with E-state index in [0.717, 1.165) is 30.7 Å². The average Bonchev–Trinajstić information content (AvgIpc) is 2.91. The fraction of sp³-hybridized carbons (Fsp3) is 0.667. The van der Waals surface area contributed by atoms with E-state index >= 15 is 0 Å². The van der Waals surface area contributed by atoms with Crippen LogP contribution in [0.2, 0.25) is 0 Å². The van der Waals surface area contributed by atoms with Crippen LogP contribution in [0.5, 0.6) is 0 Å². The maximum atomic E-state index is 6.02. The van der Waals surface area contributed by atoms with Gasteiger partial charge in [-0.15, -0.1) is 0 Å². The second-order valence-corrected chi connectivity index (χ2v) is 6.26. The van der Waals surface area contributed by atoms with Crippen molar-refractivity contribution in [2.24, 2.45) is 5.73 Å². The van der Waals surface area contributed by atoms with Crippen LogP contribution in [0.4, 0.5) is 0 Å². The van der Waals surface area contributed by atoms with Crippen molar-refractivity contribution in [2.45, 2.75) is 32.4 Å². The maximum Gasteiger partial charge on any atom is 0.0486 e. The van der Waals surface area contributed by atoms with Crippen LogP contribution in [0.1, 0.15) is 31.9 Å². The zero-order valence-electron chi connectivity index (χ0n) is 12.4. The molecule has 1 fully saturated rings. The van der Waals surface area contributed by atoms with Crippen LogP contribution >= 0.6 is 15.9 Å². The highest BCUT2D eigenvalue weighted by Gasteiger charge is 2.30. The minimum Gasteiger partial charge on any atom is -0.329 e. The fourth-order valence-electron chi connectivity index (χ4n) is 3.20. The van der Waals surface area contributed by atoms with Crippen LogP contribution in [0, 0.1) is 0 Å². The standard InChI is InChI=1S/C15H25BrN4/c1-3-19(4-2)14-5-6-20(11-14)15(8-17)12-7-13(16)10-18-9-12/h7,9-10,14-15H,3-6,8,11,17H2,1-2H3. The largest absolute Gasteiger partial charge is 0.329 e. The molecule has 2 heterocycles. The average molecular weight is 341 g/mol. The highest BCUT2D eigenvalue weighted by Crippen LogP contribution is 2.27. The van der Waals surface area contributed by atoms with Crippen LogP contribution in [-0.4, -0.2) is 53.5 Å². The second kappa shape index (κ2) is 7.50. The van der Waals surface area contributed by atoms with Crippen molar-refractivity contribution in [1.29, 1.82) is 0 Å². The van der Waals surface area contributed by atoms with Gasteiger partial charge in [0.05, 0.1) is 0 Å². The van der Waals surface area contributed by atoms with Crippen LogP contribution in [0.15, 0.2) is 22.9 Å². The molecule has 0 aliphatic carbocycles. The molecular weight excluding hydrogens is 316 g/mol.